The zero-order chi connectivity index (χ0) is 31.5. The van der Waals surface area contributed by atoms with Crippen LogP contribution in [0, 0.1) is 17.3 Å². The van der Waals surface area contributed by atoms with Gasteiger partial charge in [-0.25, -0.2) is 9.59 Å². The summed E-state index contributed by atoms with van der Waals surface area (Å²) in [5.41, 5.74) is -6.53. The maximum Gasteiger partial charge on any atom is 0.338 e. The summed E-state index contributed by atoms with van der Waals surface area (Å²) in [5.74, 6) is -4.87. The first-order chi connectivity index (χ1) is 20.1. The zero-order valence-corrected chi connectivity index (χ0v) is 25.1. The number of ketones is 1. The molecular formula is C33H38O10. The fourth-order valence-electron chi connectivity index (χ4n) is 8.03. The van der Waals surface area contributed by atoms with Gasteiger partial charge < -0.3 is 29.2 Å². The number of benzene rings is 2. The topological polar surface area (TPSA) is 146 Å². The predicted molar refractivity (Wildman–Crippen MR) is 152 cm³/mol. The van der Waals surface area contributed by atoms with Crippen LogP contribution in [0.5, 0.6) is 0 Å². The van der Waals surface area contributed by atoms with Gasteiger partial charge in [0, 0.05) is 12.8 Å². The van der Waals surface area contributed by atoms with Crippen molar-refractivity contribution >= 4 is 23.7 Å². The largest absolute Gasteiger partial charge is 0.459 e. The molecule has 0 aromatic heterocycles. The molecule has 0 unspecified atom stereocenters. The molecule has 2 bridgehead atoms. The molecule has 230 valence electrons. The fourth-order valence-corrected chi connectivity index (χ4v) is 8.03. The van der Waals surface area contributed by atoms with Crippen molar-refractivity contribution in [2.75, 3.05) is 0 Å². The van der Waals surface area contributed by atoms with Crippen LogP contribution in [0.3, 0.4) is 0 Å². The summed E-state index contributed by atoms with van der Waals surface area (Å²) in [7, 11) is 0. The lowest BCUT2D eigenvalue weighted by atomic mass is 9.44. The molecule has 3 fully saturated rings. The monoisotopic (exact) mass is 594 g/mol. The maximum atomic E-state index is 13.5. The van der Waals surface area contributed by atoms with Gasteiger partial charge in [-0.2, -0.15) is 0 Å². The molecule has 10 nitrogen and oxygen atoms in total. The first-order valence-electron chi connectivity index (χ1n) is 14.4. The molecular weight excluding hydrogens is 556 g/mol. The van der Waals surface area contributed by atoms with Crippen molar-refractivity contribution in [2.24, 2.45) is 17.3 Å². The van der Waals surface area contributed by atoms with Crippen LogP contribution in [0.1, 0.15) is 68.7 Å². The third-order valence-electron chi connectivity index (χ3n) is 9.85. The Morgan fingerprint density at radius 1 is 0.791 bits per heavy atom. The first kappa shape index (κ1) is 30.8. The lowest BCUT2D eigenvalue weighted by molar-refractivity contribution is -0.354. The molecule has 1 spiro atoms. The second kappa shape index (κ2) is 10.5. The number of hydrogen-bond acceptors (Lipinski definition) is 10. The summed E-state index contributed by atoms with van der Waals surface area (Å²) in [4.78, 5) is 52.8. The maximum absolute atomic E-state index is 13.5. The van der Waals surface area contributed by atoms with Gasteiger partial charge in [-0.3, -0.25) is 9.59 Å². The molecule has 2 saturated carbocycles. The second-order valence-corrected chi connectivity index (χ2v) is 12.8. The van der Waals surface area contributed by atoms with Crippen LogP contribution in [0.25, 0.3) is 0 Å². The number of rotatable bonds is 6. The van der Waals surface area contributed by atoms with Crippen LogP contribution < -0.4 is 0 Å². The van der Waals surface area contributed by atoms with E-state index in [-0.39, 0.29) is 17.5 Å². The van der Waals surface area contributed by atoms with Crippen LogP contribution in [-0.2, 0) is 28.5 Å². The van der Waals surface area contributed by atoms with Crippen molar-refractivity contribution in [1.82, 2.24) is 0 Å². The van der Waals surface area contributed by atoms with E-state index in [0.717, 1.165) is 0 Å². The normalized spacial score (nSPS) is 37.5. The lowest BCUT2D eigenvalue weighted by Crippen LogP contribution is -2.84. The van der Waals surface area contributed by atoms with Gasteiger partial charge in [0.15, 0.2) is 0 Å². The number of carbonyl (C=O) groups is 4. The van der Waals surface area contributed by atoms with Gasteiger partial charge in [-0.05, 0) is 65.3 Å². The van der Waals surface area contributed by atoms with Crippen molar-refractivity contribution in [3.05, 3.63) is 71.8 Å². The first-order valence-corrected chi connectivity index (χ1v) is 14.4. The van der Waals surface area contributed by atoms with Gasteiger partial charge in [-0.15, -0.1) is 0 Å². The number of carbonyl (C=O) groups excluding carboxylic acids is 4. The Labute approximate surface area is 250 Å². The van der Waals surface area contributed by atoms with Crippen LogP contribution in [-0.4, -0.2) is 75.1 Å². The molecule has 2 aliphatic carbocycles. The van der Waals surface area contributed by atoms with E-state index < -0.39 is 82.2 Å². The molecule has 1 aliphatic heterocycles. The summed E-state index contributed by atoms with van der Waals surface area (Å²) in [6, 6.07) is 16.4. The Morgan fingerprint density at radius 2 is 1.30 bits per heavy atom. The predicted octanol–water partition coefficient (Wildman–Crippen LogP) is 3.27. The molecule has 10 heteroatoms. The lowest BCUT2D eigenvalue weighted by Gasteiger charge is -2.66. The third kappa shape index (κ3) is 4.49. The number of fused-ring (bicyclic) bond motifs is 1. The van der Waals surface area contributed by atoms with Gasteiger partial charge in [0.05, 0.1) is 28.1 Å². The van der Waals surface area contributed by atoms with E-state index in [1.165, 1.54) is 32.9 Å². The molecule has 1 saturated heterocycles. The Morgan fingerprint density at radius 3 is 1.79 bits per heavy atom. The van der Waals surface area contributed by atoms with Gasteiger partial charge >= 0.3 is 17.9 Å². The van der Waals surface area contributed by atoms with E-state index >= 15 is 0 Å². The minimum atomic E-state index is -2.19. The van der Waals surface area contributed by atoms with E-state index in [1.54, 1.807) is 69.3 Å². The molecule has 5 rings (SSSR count). The van der Waals surface area contributed by atoms with Crippen LogP contribution in [0.2, 0.25) is 0 Å². The highest BCUT2D eigenvalue weighted by atomic mass is 16.6. The Bertz CT molecular complexity index is 1420. The fraction of sp³-hybridized carbons (Fsp3) is 0.515. The summed E-state index contributed by atoms with van der Waals surface area (Å²) in [6.07, 6.45) is -5.49. The number of esters is 3. The number of aliphatic hydroxyl groups is 2. The van der Waals surface area contributed by atoms with Gasteiger partial charge in [0.25, 0.3) is 0 Å². The van der Waals surface area contributed by atoms with Gasteiger partial charge in [0.1, 0.15) is 41.4 Å². The van der Waals surface area contributed by atoms with Crippen molar-refractivity contribution < 1.29 is 48.3 Å². The van der Waals surface area contributed by atoms with Crippen molar-refractivity contribution in [3.8, 4) is 0 Å². The highest BCUT2D eigenvalue weighted by Crippen LogP contribution is 2.69. The average molecular weight is 595 g/mol. The number of aliphatic hydroxyl groups excluding tert-OH is 1. The number of Topliss-reactive ketones (excluding diaryl/α,β-unsaturated/α-hetero) is 1. The molecule has 2 aromatic rings. The number of ether oxygens (including phenoxy) is 4. The molecule has 3 aliphatic rings. The summed E-state index contributed by atoms with van der Waals surface area (Å²) in [6.45, 7) is 8.90. The Kier molecular flexibility index (Phi) is 7.56. The van der Waals surface area contributed by atoms with E-state index in [4.69, 9.17) is 18.9 Å². The molecule has 2 aromatic carbocycles. The Hall–Kier alpha value is -3.60. The van der Waals surface area contributed by atoms with Gasteiger partial charge in [0.2, 0.25) is 0 Å². The number of hydrogen-bond donors (Lipinski definition) is 2. The molecule has 0 amide bonds. The molecule has 1 heterocycles. The molecule has 43 heavy (non-hydrogen) atoms. The minimum Gasteiger partial charge on any atom is -0.459 e. The van der Waals surface area contributed by atoms with E-state index in [0.29, 0.717) is 0 Å². The van der Waals surface area contributed by atoms with Crippen molar-refractivity contribution in [2.45, 2.75) is 89.2 Å². The van der Waals surface area contributed by atoms with Crippen LogP contribution in [0.15, 0.2) is 60.7 Å². The van der Waals surface area contributed by atoms with E-state index in [1.807, 2.05) is 0 Å². The quantitative estimate of drug-likeness (QED) is 0.377. The molecule has 9 atom stereocenters. The minimum absolute atomic E-state index is 0.0781. The van der Waals surface area contributed by atoms with Gasteiger partial charge in [-0.1, -0.05) is 36.4 Å². The zero-order valence-electron chi connectivity index (χ0n) is 25.1. The summed E-state index contributed by atoms with van der Waals surface area (Å²) in [5, 5.41) is 24.4. The van der Waals surface area contributed by atoms with Crippen molar-refractivity contribution in [3.63, 3.8) is 0 Å². The molecule has 2 N–H and O–H groups in total. The van der Waals surface area contributed by atoms with Crippen LogP contribution >= 0.6 is 0 Å². The summed E-state index contributed by atoms with van der Waals surface area (Å²) < 4.78 is 24.9. The summed E-state index contributed by atoms with van der Waals surface area (Å²) >= 11 is 0. The van der Waals surface area contributed by atoms with E-state index in [2.05, 4.69) is 0 Å². The highest BCUT2D eigenvalue weighted by Gasteiger charge is 2.86. The second-order valence-electron chi connectivity index (χ2n) is 12.8. The smallest absolute Gasteiger partial charge is 0.338 e. The Balaban J connectivity index is 1.75. The average Bonchev–Trinajstić information content (AvgIpc) is 3.12. The standard InChI is InChI=1S/C33H38O10/c1-18(34)24-25(36)27(42-29(38)21-15-11-8-12-16-21)31(5)23(41-28(37)20-13-9-7-10-14-20)17-22-26(40-19(2)35)33(31,32(24,6)39)43-30(22,3)4/h7-16,22-27,36,39H,17H2,1-6H3/t22-,23+,24+,25-,26-,27+,31-,32+,33-/m1/s1. The van der Waals surface area contributed by atoms with E-state index in [9.17, 15) is 29.4 Å². The van der Waals surface area contributed by atoms with Crippen LogP contribution in [0.4, 0.5) is 0 Å². The molecule has 0 radical (unpaired) electrons. The van der Waals surface area contributed by atoms with Crippen molar-refractivity contribution in [1.29, 1.82) is 0 Å². The highest BCUT2D eigenvalue weighted by molar-refractivity contribution is 5.90. The third-order valence-corrected chi connectivity index (χ3v) is 9.85. The SMILES string of the molecule is CC(=O)O[C@@H]1[C@H]2C[C@H](OC(=O)c3ccccc3)[C@]3(C)[C@@H](OC(=O)c4ccccc4)[C@H](O)[C@H](C(C)=O)[C@](C)(O)[C@@]13OC2(C)C.